The Kier molecular flexibility index (Phi) is 5.81. The van der Waals surface area contributed by atoms with Crippen molar-refractivity contribution in [2.75, 3.05) is 33.4 Å². The van der Waals surface area contributed by atoms with Crippen molar-refractivity contribution in [3.63, 3.8) is 0 Å². The van der Waals surface area contributed by atoms with Crippen LogP contribution in [0, 0.1) is 0 Å². The van der Waals surface area contributed by atoms with Crippen molar-refractivity contribution in [3.05, 3.63) is 64.7 Å². The molecule has 0 aliphatic carbocycles. The van der Waals surface area contributed by atoms with Crippen molar-refractivity contribution < 1.29 is 19.4 Å². The zero-order valence-electron chi connectivity index (χ0n) is 14.4. The molecule has 0 aromatic heterocycles. The van der Waals surface area contributed by atoms with Gasteiger partial charge in [0.2, 0.25) is 5.91 Å². The third-order valence-electron chi connectivity index (χ3n) is 4.24. The molecule has 1 fully saturated rings. The predicted octanol–water partition coefficient (Wildman–Crippen LogP) is 3.34. The van der Waals surface area contributed by atoms with E-state index in [1.165, 1.54) is 7.11 Å². The molecule has 0 bridgehead atoms. The van der Waals surface area contributed by atoms with Crippen molar-refractivity contribution in [1.82, 2.24) is 4.90 Å². The molecule has 26 heavy (non-hydrogen) atoms. The van der Waals surface area contributed by atoms with Gasteiger partial charge in [0.1, 0.15) is 0 Å². The summed E-state index contributed by atoms with van der Waals surface area (Å²) in [6, 6.07) is 12.3. The fourth-order valence-corrected chi connectivity index (χ4v) is 2.94. The number of carbonyl (C=O) groups excluding carboxylic acids is 1. The molecule has 0 unspecified atom stereocenters. The van der Waals surface area contributed by atoms with Crippen molar-refractivity contribution >= 4 is 23.1 Å². The van der Waals surface area contributed by atoms with Crippen LogP contribution in [0.15, 0.2) is 48.5 Å². The van der Waals surface area contributed by atoms with E-state index in [-0.39, 0.29) is 11.7 Å². The minimum Gasteiger partial charge on any atom is -0.504 e. The molecule has 1 aliphatic heterocycles. The number of amides is 1. The SMILES string of the molecule is COc1ccc(/C(=C\C(=O)N2CCOCC2)c2ccc(Cl)cc2)cc1O. The maximum atomic E-state index is 12.7. The average molecular weight is 374 g/mol. The van der Waals surface area contributed by atoms with E-state index in [0.717, 1.165) is 5.56 Å². The first kappa shape index (κ1) is 18.3. The van der Waals surface area contributed by atoms with Crippen LogP contribution >= 0.6 is 11.6 Å². The van der Waals surface area contributed by atoms with Crippen LogP contribution in [0.5, 0.6) is 11.5 Å². The molecule has 0 saturated carbocycles. The number of morpholine rings is 1. The summed E-state index contributed by atoms with van der Waals surface area (Å²) in [5.74, 6) is 0.306. The second-order valence-corrected chi connectivity index (χ2v) is 6.33. The number of hydrogen-bond acceptors (Lipinski definition) is 4. The normalized spacial score (nSPS) is 15.0. The summed E-state index contributed by atoms with van der Waals surface area (Å²) in [5, 5.41) is 10.7. The monoisotopic (exact) mass is 373 g/mol. The largest absolute Gasteiger partial charge is 0.504 e. The first-order chi connectivity index (χ1) is 12.6. The highest BCUT2D eigenvalue weighted by Gasteiger charge is 2.17. The quantitative estimate of drug-likeness (QED) is 0.835. The standard InChI is InChI=1S/C20H20ClNO4/c1-25-19-7-4-15(12-18(19)23)17(14-2-5-16(21)6-3-14)13-20(24)22-8-10-26-11-9-22/h2-7,12-13,23H,8-11H2,1H3/b17-13-. The summed E-state index contributed by atoms with van der Waals surface area (Å²) < 4.78 is 10.4. The fraction of sp³-hybridized carbons (Fsp3) is 0.250. The molecule has 2 aromatic rings. The minimum absolute atomic E-state index is 0.0173. The van der Waals surface area contributed by atoms with Crippen LogP contribution in [0.4, 0.5) is 0 Å². The van der Waals surface area contributed by atoms with Gasteiger partial charge in [0.25, 0.3) is 0 Å². The highest BCUT2D eigenvalue weighted by molar-refractivity contribution is 6.30. The highest BCUT2D eigenvalue weighted by Crippen LogP contribution is 2.32. The Morgan fingerprint density at radius 3 is 2.42 bits per heavy atom. The number of halogens is 1. The topological polar surface area (TPSA) is 59.0 Å². The lowest BCUT2D eigenvalue weighted by Gasteiger charge is -2.26. The zero-order valence-corrected chi connectivity index (χ0v) is 15.2. The molecule has 5 nitrogen and oxygen atoms in total. The number of rotatable bonds is 4. The Hall–Kier alpha value is -2.50. The molecule has 2 aromatic carbocycles. The number of phenolic OH excluding ortho intramolecular Hbond substituents is 1. The molecule has 0 spiro atoms. The molecule has 1 saturated heterocycles. The number of phenols is 1. The molecule has 0 atom stereocenters. The van der Waals surface area contributed by atoms with Gasteiger partial charge in [-0.3, -0.25) is 4.79 Å². The second-order valence-electron chi connectivity index (χ2n) is 5.89. The number of methoxy groups -OCH3 is 1. The first-order valence-electron chi connectivity index (χ1n) is 8.30. The van der Waals surface area contributed by atoms with E-state index in [1.54, 1.807) is 35.2 Å². The Morgan fingerprint density at radius 1 is 1.15 bits per heavy atom. The van der Waals surface area contributed by atoms with Crippen LogP contribution < -0.4 is 4.74 Å². The van der Waals surface area contributed by atoms with Gasteiger partial charge in [-0.2, -0.15) is 0 Å². The summed E-state index contributed by atoms with van der Waals surface area (Å²) in [5.41, 5.74) is 2.25. The Labute approximate surface area is 157 Å². The van der Waals surface area contributed by atoms with E-state index in [9.17, 15) is 9.90 Å². The number of hydrogen-bond donors (Lipinski definition) is 1. The second kappa shape index (κ2) is 8.25. The van der Waals surface area contributed by atoms with Gasteiger partial charge in [-0.1, -0.05) is 29.8 Å². The highest BCUT2D eigenvalue weighted by atomic mass is 35.5. The molecular formula is C20H20ClNO4. The van der Waals surface area contributed by atoms with Crippen molar-refractivity contribution in [3.8, 4) is 11.5 Å². The van der Waals surface area contributed by atoms with E-state index < -0.39 is 0 Å². The fourth-order valence-electron chi connectivity index (χ4n) is 2.82. The van der Waals surface area contributed by atoms with Crippen molar-refractivity contribution in [1.29, 1.82) is 0 Å². The van der Waals surface area contributed by atoms with Gasteiger partial charge >= 0.3 is 0 Å². The van der Waals surface area contributed by atoms with Gasteiger partial charge in [0, 0.05) is 24.2 Å². The lowest BCUT2D eigenvalue weighted by atomic mass is 9.97. The average Bonchev–Trinajstić information content (AvgIpc) is 2.67. The van der Waals surface area contributed by atoms with Crippen LogP contribution in [0.3, 0.4) is 0 Å². The van der Waals surface area contributed by atoms with Gasteiger partial charge in [0.15, 0.2) is 11.5 Å². The minimum atomic E-state index is -0.0893. The molecule has 6 heteroatoms. The first-order valence-corrected chi connectivity index (χ1v) is 8.68. The van der Waals surface area contributed by atoms with Crippen molar-refractivity contribution in [2.45, 2.75) is 0 Å². The summed E-state index contributed by atoms with van der Waals surface area (Å²) in [7, 11) is 1.49. The summed E-state index contributed by atoms with van der Waals surface area (Å²) >= 11 is 5.99. The molecule has 1 N–H and O–H groups in total. The van der Waals surface area contributed by atoms with Gasteiger partial charge in [-0.05, 0) is 41.0 Å². The maximum Gasteiger partial charge on any atom is 0.247 e. The van der Waals surface area contributed by atoms with Crippen molar-refractivity contribution in [2.24, 2.45) is 0 Å². The molecule has 1 aliphatic rings. The van der Waals surface area contributed by atoms with E-state index in [2.05, 4.69) is 0 Å². The lowest BCUT2D eigenvalue weighted by molar-refractivity contribution is -0.129. The molecule has 3 rings (SSSR count). The van der Waals surface area contributed by atoms with Crippen LogP contribution in [-0.2, 0) is 9.53 Å². The number of ether oxygens (including phenoxy) is 2. The molecular weight excluding hydrogens is 354 g/mol. The van der Waals surface area contributed by atoms with Crippen LogP contribution in [0.2, 0.25) is 5.02 Å². The number of benzene rings is 2. The van der Waals surface area contributed by atoms with Gasteiger partial charge in [-0.25, -0.2) is 0 Å². The van der Waals surface area contributed by atoms with Gasteiger partial charge in [-0.15, -0.1) is 0 Å². The molecule has 1 amide bonds. The van der Waals surface area contributed by atoms with Gasteiger partial charge in [0.05, 0.1) is 20.3 Å². The van der Waals surface area contributed by atoms with Gasteiger partial charge < -0.3 is 19.5 Å². The summed E-state index contributed by atoms with van der Waals surface area (Å²) in [6.07, 6.45) is 1.59. The third-order valence-corrected chi connectivity index (χ3v) is 4.49. The molecule has 136 valence electrons. The van der Waals surface area contributed by atoms with Crippen LogP contribution in [-0.4, -0.2) is 49.3 Å². The predicted molar refractivity (Wildman–Crippen MR) is 101 cm³/mol. The third kappa shape index (κ3) is 4.18. The summed E-state index contributed by atoms with van der Waals surface area (Å²) in [6.45, 7) is 2.21. The molecule has 0 radical (unpaired) electrons. The smallest absolute Gasteiger partial charge is 0.247 e. The van der Waals surface area contributed by atoms with E-state index in [0.29, 0.717) is 48.2 Å². The summed E-state index contributed by atoms with van der Waals surface area (Å²) in [4.78, 5) is 14.5. The lowest BCUT2D eigenvalue weighted by Crippen LogP contribution is -2.39. The van der Waals surface area contributed by atoms with E-state index >= 15 is 0 Å². The van der Waals surface area contributed by atoms with Crippen LogP contribution in [0.25, 0.3) is 5.57 Å². The number of aromatic hydroxyl groups is 1. The van der Waals surface area contributed by atoms with Crippen LogP contribution in [0.1, 0.15) is 11.1 Å². The zero-order chi connectivity index (χ0) is 18.5. The van der Waals surface area contributed by atoms with E-state index in [1.807, 2.05) is 18.2 Å². The Bertz CT molecular complexity index is 811. The Balaban J connectivity index is 2.01. The molecule has 1 heterocycles. The Morgan fingerprint density at radius 2 is 1.81 bits per heavy atom. The number of carbonyl (C=O) groups is 1. The van der Waals surface area contributed by atoms with E-state index in [4.69, 9.17) is 21.1 Å². The number of nitrogens with zero attached hydrogens (tertiary/aromatic N) is 1. The maximum absolute atomic E-state index is 12.7.